The van der Waals surface area contributed by atoms with E-state index >= 15 is 0 Å². The second kappa shape index (κ2) is 16.9. The Kier molecular flexibility index (Phi) is 9.80. The molecule has 0 aliphatic rings. The largest absolute Gasteiger partial charge is 0.309 e. The van der Waals surface area contributed by atoms with Crippen LogP contribution in [0.1, 0.15) is 0 Å². The Hall–Kier alpha value is -9.25. The first kappa shape index (κ1) is 40.1. The van der Waals surface area contributed by atoms with Crippen LogP contribution in [-0.2, 0) is 0 Å². The molecule has 0 saturated carbocycles. The Morgan fingerprint density at radius 2 is 0.783 bits per heavy atom. The van der Waals surface area contributed by atoms with E-state index in [4.69, 9.17) is 15.0 Å². The van der Waals surface area contributed by atoms with Gasteiger partial charge >= 0.3 is 0 Å². The number of benzene rings is 10. The highest BCUT2D eigenvalue weighted by molar-refractivity contribution is 6.28. The van der Waals surface area contributed by atoms with E-state index in [0.717, 1.165) is 94.7 Å². The van der Waals surface area contributed by atoms with Gasteiger partial charge in [0.1, 0.15) is 0 Å². The van der Waals surface area contributed by atoms with Crippen molar-refractivity contribution >= 4 is 43.5 Å². The number of hydrogen-bond acceptors (Lipinski definition) is 3. The van der Waals surface area contributed by atoms with Crippen molar-refractivity contribution in [2.45, 2.75) is 0 Å². The lowest BCUT2D eigenvalue weighted by molar-refractivity contribution is 1.18. The first-order valence-electron chi connectivity index (χ1n) is 23.4. The standard InChI is InChI=1S/C65H42N4/c1-5-18-43(19-6-1)48-24-15-26-50(40-48)58-42-59(51-27-16-25-49(41-51)44-20-7-2-8-21-44)67-65(66-58)47-36-34-45(35-37-47)53-31-17-32-56-61-57(62(68-63(53)56)46-22-9-3-10-23-46)39-38-55-54-30-13-14-33-60(54)69(64(55)61)52-28-11-4-12-29-52/h1-42H. The molecule has 4 nitrogen and oxygen atoms in total. The molecule has 0 spiro atoms. The minimum Gasteiger partial charge on any atom is -0.309 e. The molecule has 10 aromatic carbocycles. The van der Waals surface area contributed by atoms with Crippen LogP contribution in [0, 0.1) is 0 Å². The van der Waals surface area contributed by atoms with Gasteiger partial charge in [-0.3, -0.25) is 0 Å². The van der Waals surface area contributed by atoms with Crippen molar-refractivity contribution in [1.29, 1.82) is 0 Å². The van der Waals surface area contributed by atoms with Gasteiger partial charge in [-0.25, -0.2) is 15.0 Å². The minimum atomic E-state index is 0.661. The van der Waals surface area contributed by atoms with E-state index in [2.05, 4.69) is 259 Å². The van der Waals surface area contributed by atoms with Crippen LogP contribution >= 0.6 is 0 Å². The van der Waals surface area contributed by atoms with Crippen molar-refractivity contribution in [3.63, 3.8) is 0 Å². The molecule has 4 heteroatoms. The monoisotopic (exact) mass is 878 g/mol. The second-order valence-corrected chi connectivity index (χ2v) is 17.5. The lowest BCUT2D eigenvalue weighted by atomic mass is 9.94. The van der Waals surface area contributed by atoms with Gasteiger partial charge in [0.15, 0.2) is 5.82 Å². The van der Waals surface area contributed by atoms with Gasteiger partial charge in [0.25, 0.3) is 0 Å². The predicted octanol–water partition coefficient (Wildman–Crippen LogP) is 16.9. The van der Waals surface area contributed by atoms with Gasteiger partial charge in [0.05, 0.1) is 33.6 Å². The molecule has 0 atom stereocenters. The molecule has 3 aromatic heterocycles. The van der Waals surface area contributed by atoms with Crippen LogP contribution in [0.25, 0.3) is 128 Å². The summed E-state index contributed by atoms with van der Waals surface area (Å²) in [6, 6.07) is 90.3. The molecule has 0 aliphatic carbocycles. The fourth-order valence-corrected chi connectivity index (χ4v) is 10.1. The quantitative estimate of drug-likeness (QED) is 0.143. The molecule has 13 rings (SSSR count). The molecule has 0 saturated heterocycles. The van der Waals surface area contributed by atoms with Crippen LogP contribution in [-0.4, -0.2) is 19.5 Å². The summed E-state index contributed by atoms with van der Waals surface area (Å²) in [6.45, 7) is 0. The first-order chi connectivity index (χ1) is 34.2. The molecule has 0 unspecified atom stereocenters. The topological polar surface area (TPSA) is 43.6 Å². The summed E-state index contributed by atoms with van der Waals surface area (Å²) < 4.78 is 2.43. The minimum absolute atomic E-state index is 0.661. The van der Waals surface area contributed by atoms with Crippen LogP contribution in [0.4, 0.5) is 0 Å². The maximum atomic E-state index is 5.61. The third-order valence-electron chi connectivity index (χ3n) is 13.4. The molecule has 0 bridgehead atoms. The number of fused-ring (bicyclic) bond motifs is 7. The van der Waals surface area contributed by atoms with Gasteiger partial charge in [-0.2, -0.15) is 0 Å². The molecular weight excluding hydrogens is 837 g/mol. The number of pyridine rings is 1. The van der Waals surface area contributed by atoms with Gasteiger partial charge in [-0.1, -0.05) is 218 Å². The van der Waals surface area contributed by atoms with Crippen molar-refractivity contribution in [1.82, 2.24) is 19.5 Å². The SMILES string of the molecule is c1ccc(-c2cccc(-c3cc(-c4cccc(-c5ccccc5)c4)nc(-c4ccc(-c5cccc6c5nc(-c5ccccc5)c5ccc7c8ccccc8n(-c8ccccc8)c7c56)cc4)n3)c2)cc1. The van der Waals surface area contributed by atoms with E-state index in [1.807, 2.05) is 0 Å². The van der Waals surface area contributed by atoms with Crippen LogP contribution in [0.5, 0.6) is 0 Å². The zero-order valence-corrected chi connectivity index (χ0v) is 37.5. The summed E-state index contributed by atoms with van der Waals surface area (Å²) in [7, 11) is 0. The number of rotatable bonds is 8. The van der Waals surface area contributed by atoms with Gasteiger partial charge in [-0.05, 0) is 64.2 Å². The van der Waals surface area contributed by atoms with Gasteiger partial charge in [-0.15, -0.1) is 0 Å². The second-order valence-electron chi connectivity index (χ2n) is 17.5. The van der Waals surface area contributed by atoms with E-state index in [9.17, 15) is 0 Å². The van der Waals surface area contributed by atoms with Crippen LogP contribution in [0.3, 0.4) is 0 Å². The molecule has 322 valence electrons. The maximum absolute atomic E-state index is 5.61. The molecular formula is C65H42N4. The summed E-state index contributed by atoms with van der Waals surface area (Å²) in [5.41, 5.74) is 17.9. The summed E-state index contributed by atoms with van der Waals surface area (Å²) in [5.74, 6) is 0.661. The maximum Gasteiger partial charge on any atom is 0.160 e. The van der Waals surface area contributed by atoms with Crippen molar-refractivity contribution in [2.75, 3.05) is 0 Å². The first-order valence-corrected chi connectivity index (χ1v) is 23.4. The Balaban J connectivity index is 0.990. The van der Waals surface area contributed by atoms with E-state index in [-0.39, 0.29) is 0 Å². The zero-order valence-electron chi connectivity index (χ0n) is 37.5. The highest BCUT2D eigenvalue weighted by Crippen LogP contribution is 2.44. The van der Waals surface area contributed by atoms with Crippen molar-refractivity contribution in [3.8, 4) is 84.2 Å². The van der Waals surface area contributed by atoms with Crippen LogP contribution < -0.4 is 0 Å². The third kappa shape index (κ3) is 7.14. The number of nitrogens with zero attached hydrogens (tertiary/aromatic N) is 4. The number of aromatic nitrogens is 4. The summed E-state index contributed by atoms with van der Waals surface area (Å²) >= 11 is 0. The van der Waals surface area contributed by atoms with E-state index in [1.165, 1.54) is 27.2 Å². The Labute approximate surface area is 400 Å². The average Bonchev–Trinajstić information content (AvgIpc) is 3.78. The van der Waals surface area contributed by atoms with Gasteiger partial charge in [0, 0.05) is 60.4 Å². The summed E-state index contributed by atoms with van der Waals surface area (Å²) in [5, 5.41) is 5.83. The lowest BCUT2D eigenvalue weighted by Crippen LogP contribution is -1.97. The average molecular weight is 879 g/mol. The molecule has 69 heavy (non-hydrogen) atoms. The fourth-order valence-electron chi connectivity index (χ4n) is 10.1. The molecule has 13 aromatic rings. The summed E-state index contributed by atoms with van der Waals surface area (Å²) in [6.07, 6.45) is 0. The molecule has 0 fully saturated rings. The Morgan fingerprint density at radius 3 is 1.42 bits per heavy atom. The van der Waals surface area contributed by atoms with Gasteiger partial charge in [0.2, 0.25) is 0 Å². The molecule has 0 amide bonds. The zero-order chi connectivity index (χ0) is 45.7. The van der Waals surface area contributed by atoms with E-state index < -0.39 is 0 Å². The summed E-state index contributed by atoms with van der Waals surface area (Å²) in [4.78, 5) is 16.2. The normalized spacial score (nSPS) is 11.5. The van der Waals surface area contributed by atoms with Crippen LogP contribution in [0.2, 0.25) is 0 Å². The van der Waals surface area contributed by atoms with E-state index in [0.29, 0.717) is 5.82 Å². The Morgan fingerprint density at radius 1 is 0.290 bits per heavy atom. The number of hydrogen-bond donors (Lipinski definition) is 0. The molecule has 0 radical (unpaired) electrons. The third-order valence-corrected chi connectivity index (χ3v) is 13.4. The van der Waals surface area contributed by atoms with Crippen LogP contribution in [0.15, 0.2) is 255 Å². The smallest absolute Gasteiger partial charge is 0.160 e. The highest BCUT2D eigenvalue weighted by atomic mass is 15.0. The molecule has 3 heterocycles. The van der Waals surface area contributed by atoms with E-state index in [1.54, 1.807) is 0 Å². The van der Waals surface area contributed by atoms with Crippen molar-refractivity contribution in [3.05, 3.63) is 255 Å². The van der Waals surface area contributed by atoms with Crippen molar-refractivity contribution in [2.24, 2.45) is 0 Å². The van der Waals surface area contributed by atoms with Crippen molar-refractivity contribution < 1.29 is 0 Å². The highest BCUT2D eigenvalue weighted by Gasteiger charge is 2.21. The molecule has 0 aliphatic heterocycles. The molecule has 0 N–H and O–H groups in total. The van der Waals surface area contributed by atoms with Gasteiger partial charge < -0.3 is 4.57 Å². The number of para-hydroxylation sites is 3. The Bertz CT molecular complexity index is 3930. The fraction of sp³-hybridized carbons (Fsp3) is 0. The predicted molar refractivity (Wildman–Crippen MR) is 287 cm³/mol. The lowest BCUT2D eigenvalue weighted by Gasteiger charge is -2.16.